The Bertz CT molecular complexity index is 2140. The van der Waals surface area contributed by atoms with Gasteiger partial charge in [0.1, 0.15) is 17.3 Å². The molecule has 1 aliphatic rings. The van der Waals surface area contributed by atoms with Gasteiger partial charge < -0.3 is 14.0 Å². The van der Waals surface area contributed by atoms with E-state index in [4.69, 9.17) is 19.5 Å². The van der Waals surface area contributed by atoms with Gasteiger partial charge in [-0.1, -0.05) is 24.3 Å². The predicted molar refractivity (Wildman–Crippen MR) is 180 cm³/mol. The van der Waals surface area contributed by atoms with Crippen LogP contribution in [0.25, 0.3) is 28.0 Å². The number of allylic oxidation sites excluding steroid dienone is 1. The minimum Gasteiger partial charge on any atom is -0.497 e. The lowest BCUT2D eigenvalue weighted by Gasteiger charge is -2.11. The number of amidine groups is 1. The minimum atomic E-state index is -3.09. The molecule has 0 amide bonds. The predicted octanol–water partition coefficient (Wildman–Crippen LogP) is 8.04. The molecule has 0 radical (unpaired) electrons. The second-order valence-electron chi connectivity index (χ2n) is 10.5. The zero-order valence-corrected chi connectivity index (χ0v) is 25.4. The van der Waals surface area contributed by atoms with Gasteiger partial charge in [0.2, 0.25) is 0 Å². The number of ether oxygens (including phenoxy) is 2. The summed E-state index contributed by atoms with van der Waals surface area (Å²) in [7, 11) is -0.0735. The summed E-state index contributed by atoms with van der Waals surface area (Å²) in [6.45, 7) is 0. The summed E-state index contributed by atoms with van der Waals surface area (Å²) in [6.07, 6.45) is 1.67. The number of nitro benzene ring substituents is 2. The number of benzene rings is 4. The SMILES string of the molecule is COc1ccc(C2=N/C(=N\c3c(-c4cccc([N+](=O)[O-])c4)cc(-c4ccc(OC)cc4)n3B(F)F)C(c3cccc([N+](=O)[O-])c3)=C2)cc1. The molecule has 6 rings (SSSR count). The molecule has 5 aromatic rings. The first-order chi connectivity index (χ1) is 23.2. The van der Waals surface area contributed by atoms with Crippen molar-refractivity contribution in [2.75, 3.05) is 14.2 Å². The molecule has 0 unspecified atom stereocenters. The highest BCUT2D eigenvalue weighted by molar-refractivity contribution is 6.43. The fraction of sp³-hybridized carbons (Fsp3) is 0.0588. The second kappa shape index (κ2) is 13.1. The summed E-state index contributed by atoms with van der Waals surface area (Å²) < 4.78 is 41.5. The standard InChI is InChI=1S/C34H24BF2N5O6/c1-47-27-13-9-21(10-14-27)31-19-29(23-5-3-7-25(17-23)41(43)44)33(38-31)39-34-30(24-6-4-8-26(18-24)42(45)46)20-32(40(34)35(36)37)22-11-15-28(48-2)16-12-22/h3-20H,1-2H3/b39-33-. The van der Waals surface area contributed by atoms with Crippen LogP contribution in [0.15, 0.2) is 119 Å². The molecule has 0 spiro atoms. The number of methoxy groups -OCH3 is 2. The van der Waals surface area contributed by atoms with Crippen LogP contribution >= 0.6 is 0 Å². The maximum atomic E-state index is 15.1. The number of halogens is 2. The van der Waals surface area contributed by atoms with Crippen molar-refractivity contribution in [2.45, 2.75) is 0 Å². The lowest BCUT2D eigenvalue weighted by molar-refractivity contribution is -0.385. The summed E-state index contributed by atoms with van der Waals surface area (Å²) in [5, 5.41) is 23.3. The van der Waals surface area contributed by atoms with Gasteiger partial charge in [-0.15, -0.1) is 0 Å². The van der Waals surface area contributed by atoms with Crippen LogP contribution < -0.4 is 9.47 Å². The van der Waals surface area contributed by atoms with Crippen molar-refractivity contribution in [2.24, 2.45) is 9.98 Å². The zero-order chi connectivity index (χ0) is 33.9. The number of hydrogen-bond donors (Lipinski definition) is 0. The van der Waals surface area contributed by atoms with Crippen LogP contribution in [0.5, 0.6) is 11.5 Å². The first-order valence-electron chi connectivity index (χ1n) is 14.4. The molecule has 0 bridgehead atoms. The Labute approximate surface area is 272 Å². The first kappa shape index (κ1) is 31.5. The molecule has 0 saturated carbocycles. The van der Waals surface area contributed by atoms with E-state index in [0.717, 1.165) is 4.48 Å². The van der Waals surface area contributed by atoms with Crippen LogP contribution in [-0.2, 0) is 0 Å². The van der Waals surface area contributed by atoms with Gasteiger partial charge in [0.25, 0.3) is 11.4 Å². The average molecular weight is 647 g/mol. The highest BCUT2D eigenvalue weighted by atomic mass is 19.2. The Balaban J connectivity index is 1.62. The van der Waals surface area contributed by atoms with Gasteiger partial charge in [-0.3, -0.25) is 28.9 Å². The Morgan fingerprint density at radius 3 is 1.81 bits per heavy atom. The van der Waals surface area contributed by atoms with Crippen LogP contribution in [0.1, 0.15) is 11.1 Å². The number of nitrogens with zero attached hydrogens (tertiary/aromatic N) is 5. The Morgan fingerprint density at radius 2 is 1.27 bits per heavy atom. The third kappa shape index (κ3) is 6.18. The number of nitro groups is 2. The monoisotopic (exact) mass is 647 g/mol. The molecule has 14 heteroatoms. The van der Waals surface area contributed by atoms with Gasteiger partial charge in [0.15, 0.2) is 5.84 Å². The van der Waals surface area contributed by atoms with Crippen molar-refractivity contribution in [1.29, 1.82) is 0 Å². The van der Waals surface area contributed by atoms with E-state index in [-0.39, 0.29) is 39.8 Å². The van der Waals surface area contributed by atoms with Crippen molar-refractivity contribution >= 4 is 41.7 Å². The molecule has 2 heterocycles. The van der Waals surface area contributed by atoms with Gasteiger partial charge in [-0.05, 0) is 77.4 Å². The molecule has 238 valence electrons. The highest BCUT2D eigenvalue weighted by Crippen LogP contribution is 2.41. The van der Waals surface area contributed by atoms with Crippen molar-refractivity contribution in [3.05, 3.63) is 141 Å². The largest absolute Gasteiger partial charge is 0.679 e. The Kier molecular flexibility index (Phi) is 8.62. The quantitative estimate of drug-likeness (QED) is 0.0856. The summed E-state index contributed by atoms with van der Waals surface area (Å²) in [5.41, 5.74) is 2.37. The minimum absolute atomic E-state index is 0.00859. The Hall–Kier alpha value is -6.44. The normalized spacial score (nSPS) is 13.2. The molecular weight excluding hydrogens is 623 g/mol. The molecule has 0 atom stereocenters. The van der Waals surface area contributed by atoms with E-state index >= 15 is 8.63 Å². The molecule has 1 aromatic heterocycles. The molecule has 48 heavy (non-hydrogen) atoms. The van der Waals surface area contributed by atoms with E-state index in [1.54, 1.807) is 66.7 Å². The van der Waals surface area contributed by atoms with Crippen LogP contribution in [0, 0.1) is 20.2 Å². The summed E-state index contributed by atoms with van der Waals surface area (Å²) in [6, 6.07) is 26.4. The van der Waals surface area contributed by atoms with E-state index < -0.39 is 17.2 Å². The van der Waals surface area contributed by atoms with Crippen LogP contribution in [-0.4, -0.2) is 47.5 Å². The first-order valence-corrected chi connectivity index (χ1v) is 14.4. The molecule has 1 aliphatic heterocycles. The van der Waals surface area contributed by atoms with Crippen molar-refractivity contribution in [3.8, 4) is 33.9 Å². The van der Waals surface area contributed by atoms with E-state index in [2.05, 4.69) is 0 Å². The van der Waals surface area contributed by atoms with Gasteiger partial charge in [-0.2, -0.15) is 0 Å². The van der Waals surface area contributed by atoms with Crippen LogP contribution in [0.2, 0.25) is 0 Å². The van der Waals surface area contributed by atoms with Gasteiger partial charge in [0.05, 0.1) is 29.8 Å². The van der Waals surface area contributed by atoms with Gasteiger partial charge >= 0.3 is 7.40 Å². The number of non-ortho nitro benzene ring substituents is 2. The van der Waals surface area contributed by atoms with Crippen LogP contribution in [0.3, 0.4) is 0 Å². The molecule has 4 aromatic carbocycles. The molecule has 0 N–H and O–H groups in total. The second-order valence-corrected chi connectivity index (χ2v) is 10.5. The summed E-state index contributed by atoms with van der Waals surface area (Å²) in [4.78, 5) is 31.6. The summed E-state index contributed by atoms with van der Waals surface area (Å²) >= 11 is 0. The maximum absolute atomic E-state index is 15.1. The lowest BCUT2D eigenvalue weighted by Crippen LogP contribution is -2.14. The number of hydrogen-bond acceptors (Lipinski definition) is 7. The number of aliphatic imine (C=N–C) groups is 2. The summed E-state index contributed by atoms with van der Waals surface area (Å²) in [5.74, 6) is 0.916. The lowest BCUT2D eigenvalue weighted by atomic mass is 10.0. The zero-order valence-electron chi connectivity index (χ0n) is 25.4. The van der Waals surface area contributed by atoms with E-state index in [1.165, 1.54) is 56.7 Å². The smallest absolute Gasteiger partial charge is 0.497 e. The average Bonchev–Trinajstić information content (AvgIpc) is 3.71. The Morgan fingerprint density at radius 1 is 0.729 bits per heavy atom. The van der Waals surface area contributed by atoms with Gasteiger partial charge in [0, 0.05) is 46.7 Å². The fourth-order valence-corrected chi connectivity index (χ4v) is 5.31. The number of aromatic nitrogens is 1. The van der Waals surface area contributed by atoms with E-state index in [0.29, 0.717) is 39.5 Å². The van der Waals surface area contributed by atoms with Gasteiger partial charge in [-0.25, -0.2) is 9.98 Å². The fourth-order valence-electron chi connectivity index (χ4n) is 5.31. The van der Waals surface area contributed by atoms with Crippen molar-refractivity contribution in [1.82, 2.24) is 4.48 Å². The molecular formula is C34H24BF2N5O6. The molecule has 11 nitrogen and oxygen atoms in total. The van der Waals surface area contributed by atoms with Crippen molar-refractivity contribution < 1.29 is 28.0 Å². The van der Waals surface area contributed by atoms with E-state index in [1.807, 2.05) is 0 Å². The third-order valence-corrected chi connectivity index (χ3v) is 7.67. The third-order valence-electron chi connectivity index (χ3n) is 7.67. The molecule has 0 aliphatic carbocycles. The van der Waals surface area contributed by atoms with Crippen LogP contribution in [0.4, 0.5) is 25.8 Å². The molecule has 0 fully saturated rings. The maximum Gasteiger partial charge on any atom is 0.679 e. The van der Waals surface area contributed by atoms with E-state index in [9.17, 15) is 20.2 Å². The molecule has 0 saturated heterocycles. The highest BCUT2D eigenvalue weighted by Gasteiger charge is 2.30. The number of rotatable bonds is 10. The van der Waals surface area contributed by atoms with Crippen molar-refractivity contribution in [3.63, 3.8) is 0 Å². The topological polar surface area (TPSA) is 134 Å².